The molecule has 0 spiro atoms. The summed E-state index contributed by atoms with van der Waals surface area (Å²) in [6.45, 7) is 8.92. The van der Waals surface area contributed by atoms with E-state index in [1.165, 1.54) is 4.90 Å². The molecule has 1 aromatic heterocycles. The Morgan fingerprint density at radius 1 is 1.21 bits per heavy atom. The number of imide groups is 1. The second-order valence-electron chi connectivity index (χ2n) is 7.73. The van der Waals surface area contributed by atoms with Gasteiger partial charge in [0.25, 0.3) is 5.91 Å². The molecule has 0 aliphatic rings. The topological polar surface area (TPSA) is 76.5 Å². The van der Waals surface area contributed by atoms with Crippen LogP contribution >= 0.6 is 0 Å². The first kappa shape index (κ1) is 21.6. The van der Waals surface area contributed by atoms with Crippen LogP contribution in [-0.4, -0.2) is 45.4 Å². The fraction of sp³-hybridized carbons (Fsp3) is 0.476. The highest BCUT2D eigenvalue weighted by Crippen LogP contribution is 2.13. The van der Waals surface area contributed by atoms with E-state index in [0.29, 0.717) is 25.1 Å². The van der Waals surface area contributed by atoms with E-state index >= 15 is 0 Å². The number of hydrogen-bond donors (Lipinski definition) is 1. The number of nitrogens with one attached hydrogen (secondary N) is 1. The molecular formula is C21H30N4O3. The number of carbonyl (C=O) groups is 2. The number of carbonyl (C=O) groups excluding carboxylic acids is 2. The third-order valence-corrected chi connectivity index (χ3v) is 4.02. The molecule has 0 aliphatic heterocycles. The van der Waals surface area contributed by atoms with Crippen LogP contribution in [0.1, 0.15) is 48.9 Å². The normalized spacial score (nSPS) is 11.3. The van der Waals surface area contributed by atoms with Crippen molar-refractivity contribution in [3.8, 4) is 0 Å². The minimum absolute atomic E-state index is 0.278. The van der Waals surface area contributed by atoms with Crippen LogP contribution in [0.2, 0.25) is 0 Å². The summed E-state index contributed by atoms with van der Waals surface area (Å²) < 4.78 is 7.26. The number of aromatic nitrogens is 2. The SMILES string of the molecule is Cc1cc(CNCCCN(C(=O)OC(C)(C)C)C(=O)c2ccccc2)n(C)n1. The van der Waals surface area contributed by atoms with Crippen LogP contribution in [0.15, 0.2) is 36.4 Å². The van der Waals surface area contributed by atoms with Gasteiger partial charge in [-0.3, -0.25) is 9.48 Å². The van der Waals surface area contributed by atoms with Crippen LogP contribution in [-0.2, 0) is 18.3 Å². The summed E-state index contributed by atoms with van der Waals surface area (Å²) in [4.78, 5) is 26.5. The third-order valence-electron chi connectivity index (χ3n) is 4.02. The maximum absolute atomic E-state index is 12.8. The van der Waals surface area contributed by atoms with Crippen LogP contribution < -0.4 is 5.32 Å². The zero-order valence-electron chi connectivity index (χ0n) is 17.4. The predicted octanol–water partition coefficient (Wildman–Crippen LogP) is 3.29. The lowest BCUT2D eigenvalue weighted by Gasteiger charge is -2.26. The van der Waals surface area contributed by atoms with Gasteiger partial charge in [0.2, 0.25) is 0 Å². The average molecular weight is 386 g/mol. The molecular weight excluding hydrogens is 356 g/mol. The van der Waals surface area contributed by atoms with Crippen LogP contribution in [0.5, 0.6) is 0 Å². The molecule has 0 unspecified atom stereocenters. The fourth-order valence-electron chi connectivity index (χ4n) is 2.74. The molecule has 1 heterocycles. The van der Waals surface area contributed by atoms with Crippen molar-refractivity contribution in [3.05, 3.63) is 53.3 Å². The van der Waals surface area contributed by atoms with E-state index in [0.717, 1.165) is 11.4 Å². The Morgan fingerprint density at radius 2 is 1.89 bits per heavy atom. The van der Waals surface area contributed by atoms with Gasteiger partial charge in [0.15, 0.2) is 0 Å². The number of ether oxygens (including phenoxy) is 1. The molecule has 0 fully saturated rings. The first-order valence-electron chi connectivity index (χ1n) is 9.47. The van der Waals surface area contributed by atoms with Crippen molar-refractivity contribution < 1.29 is 14.3 Å². The Labute approximate surface area is 166 Å². The first-order chi connectivity index (χ1) is 13.2. The molecule has 0 saturated carbocycles. The van der Waals surface area contributed by atoms with Crippen molar-refractivity contribution in [2.75, 3.05) is 13.1 Å². The van der Waals surface area contributed by atoms with Crippen molar-refractivity contribution in [3.63, 3.8) is 0 Å². The molecule has 0 saturated heterocycles. The van der Waals surface area contributed by atoms with Crippen molar-refractivity contribution in [1.82, 2.24) is 20.0 Å². The zero-order valence-corrected chi connectivity index (χ0v) is 17.4. The van der Waals surface area contributed by atoms with E-state index in [2.05, 4.69) is 10.4 Å². The largest absolute Gasteiger partial charge is 0.443 e. The zero-order chi connectivity index (χ0) is 20.7. The van der Waals surface area contributed by atoms with Gasteiger partial charge in [0.1, 0.15) is 5.60 Å². The van der Waals surface area contributed by atoms with Crippen LogP contribution in [0.25, 0.3) is 0 Å². The molecule has 0 aliphatic carbocycles. The molecule has 2 aromatic rings. The molecule has 28 heavy (non-hydrogen) atoms. The summed E-state index contributed by atoms with van der Waals surface area (Å²) in [6.07, 6.45) is -0.00196. The second-order valence-corrected chi connectivity index (χ2v) is 7.73. The van der Waals surface area contributed by atoms with E-state index in [-0.39, 0.29) is 12.5 Å². The Kier molecular flexibility index (Phi) is 7.34. The van der Waals surface area contributed by atoms with Gasteiger partial charge in [-0.25, -0.2) is 9.69 Å². The van der Waals surface area contributed by atoms with Gasteiger partial charge in [0.05, 0.1) is 11.4 Å². The van der Waals surface area contributed by atoms with Gasteiger partial charge in [-0.2, -0.15) is 5.10 Å². The number of nitrogens with zero attached hydrogens (tertiary/aromatic N) is 3. The van der Waals surface area contributed by atoms with Crippen molar-refractivity contribution >= 4 is 12.0 Å². The molecule has 2 rings (SSSR count). The molecule has 7 nitrogen and oxygen atoms in total. The molecule has 7 heteroatoms. The lowest BCUT2D eigenvalue weighted by atomic mass is 10.2. The highest BCUT2D eigenvalue weighted by atomic mass is 16.6. The van der Waals surface area contributed by atoms with Gasteiger partial charge in [0, 0.05) is 25.7 Å². The number of rotatable bonds is 7. The summed E-state index contributed by atoms with van der Waals surface area (Å²) in [5.41, 5.74) is 1.86. The Bertz CT molecular complexity index is 794. The summed E-state index contributed by atoms with van der Waals surface area (Å²) >= 11 is 0. The van der Waals surface area contributed by atoms with Gasteiger partial charge >= 0.3 is 6.09 Å². The van der Waals surface area contributed by atoms with Crippen LogP contribution in [0.4, 0.5) is 4.79 Å². The monoisotopic (exact) mass is 386 g/mol. The third kappa shape index (κ3) is 6.49. The number of aryl methyl sites for hydroxylation is 2. The van der Waals surface area contributed by atoms with E-state index in [9.17, 15) is 9.59 Å². The van der Waals surface area contributed by atoms with Crippen molar-refractivity contribution in [2.24, 2.45) is 7.05 Å². The molecule has 1 N–H and O–H groups in total. The molecule has 0 radical (unpaired) electrons. The molecule has 1 aromatic carbocycles. The van der Waals surface area contributed by atoms with E-state index in [1.807, 2.05) is 30.8 Å². The maximum Gasteiger partial charge on any atom is 0.417 e. The lowest BCUT2D eigenvalue weighted by molar-refractivity contribution is 0.0239. The Balaban J connectivity index is 1.94. The maximum atomic E-state index is 12.8. The van der Waals surface area contributed by atoms with E-state index < -0.39 is 11.7 Å². The Morgan fingerprint density at radius 3 is 2.46 bits per heavy atom. The average Bonchev–Trinajstić information content (AvgIpc) is 2.94. The highest BCUT2D eigenvalue weighted by Gasteiger charge is 2.27. The van der Waals surface area contributed by atoms with Crippen molar-refractivity contribution in [1.29, 1.82) is 0 Å². The predicted molar refractivity (Wildman–Crippen MR) is 108 cm³/mol. The van der Waals surface area contributed by atoms with Crippen molar-refractivity contribution in [2.45, 2.75) is 46.3 Å². The van der Waals surface area contributed by atoms with Gasteiger partial charge in [-0.05, 0) is 58.9 Å². The smallest absolute Gasteiger partial charge is 0.417 e. The lowest BCUT2D eigenvalue weighted by Crippen LogP contribution is -2.42. The standard InChI is InChI=1S/C21H30N4O3/c1-16-14-18(24(5)23-16)15-22-12-9-13-25(20(27)28-21(2,3)4)19(26)17-10-7-6-8-11-17/h6-8,10-11,14,22H,9,12-13,15H2,1-5H3. The quantitative estimate of drug-likeness (QED) is 0.739. The van der Waals surface area contributed by atoms with E-state index in [4.69, 9.17) is 4.74 Å². The number of amides is 2. The summed E-state index contributed by atoms with van der Waals surface area (Å²) in [7, 11) is 1.91. The number of benzene rings is 1. The summed E-state index contributed by atoms with van der Waals surface area (Å²) in [5.74, 6) is -0.350. The summed E-state index contributed by atoms with van der Waals surface area (Å²) in [6, 6.07) is 10.8. The Hall–Kier alpha value is -2.67. The molecule has 152 valence electrons. The minimum Gasteiger partial charge on any atom is -0.443 e. The van der Waals surface area contributed by atoms with Gasteiger partial charge < -0.3 is 10.1 Å². The van der Waals surface area contributed by atoms with Gasteiger partial charge in [-0.15, -0.1) is 0 Å². The fourth-order valence-corrected chi connectivity index (χ4v) is 2.74. The second kappa shape index (κ2) is 9.50. The molecule has 2 amide bonds. The first-order valence-corrected chi connectivity index (χ1v) is 9.47. The van der Waals surface area contributed by atoms with Crippen LogP contribution in [0, 0.1) is 6.92 Å². The van der Waals surface area contributed by atoms with E-state index in [1.54, 1.807) is 45.0 Å². The van der Waals surface area contributed by atoms with Gasteiger partial charge in [-0.1, -0.05) is 18.2 Å². The minimum atomic E-state index is -0.665. The number of hydrogen-bond acceptors (Lipinski definition) is 5. The summed E-state index contributed by atoms with van der Waals surface area (Å²) in [5, 5.41) is 7.64. The highest BCUT2D eigenvalue weighted by molar-refractivity contribution is 6.02. The van der Waals surface area contributed by atoms with Crippen LogP contribution in [0.3, 0.4) is 0 Å². The molecule has 0 bridgehead atoms. The molecule has 0 atom stereocenters.